The third-order valence-electron chi connectivity index (χ3n) is 4.59. The van der Waals surface area contributed by atoms with E-state index in [0.29, 0.717) is 0 Å². The van der Waals surface area contributed by atoms with Crippen LogP contribution in [0.25, 0.3) is 43.4 Å². The van der Waals surface area contributed by atoms with E-state index in [1.54, 1.807) is 0 Å². The number of hydrogen-bond acceptors (Lipinski definition) is 1. The van der Waals surface area contributed by atoms with Crippen LogP contribution in [0.2, 0.25) is 0 Å². The lowest BCUT2D eigenvalue weighted by atomic mass is 9.98. The monoisotopic (exact) mass is 295 g/mol. The van der Waals surface area contributed by atoms with Crippen LogP contribution in [0.5, 0.6) is 0 Å². The van der Waals surface area contributed by atoms with Crippen LogP contribution in [-0.4, -0.2) is 4.98 Å². The van der Waals surface area contributed by atoms with E-state index in [1.165, 1.54) is 10.8 Å². The topological polar surface area (TPSA) is 32.9 Å². The summed E-state index contributed by atoms with van der Waals surface area (Å²) in [5.41, 5.74) is 1.86. The summed E-state index contributed by atoms with van der Waals surface area (Å²) >= 11 is 0. The highest BCUT2D eigenvalue weighted by Crippen LogP contribution is 2.29. The van der Waals surface area contributed by atoms with Gasteiger partial charge < -0.3 is 4.98 Å². The molecule has 1 aromatic heterocycles. The smallest absolute Gasteiger partial charge is 0.197 e. The maximum atomic E-state index is 13.0. The van der Waals surface area contributed by atoms with E-state index in [0.717, 1.165) is 32.6 Å². The molecule has 0 fully saturated rings. The van der Waals surface area contributed by atoms with Gasteiger partial charge in [0, 0.05) is 10.9 Å². The van der Waals surface area contributed by atoms with Crippen LogP contribution in [0.4, 0.5) is 0 Å². The quantitative estimate of drug-likeness (QED) is 0.317. The molecule has 0 atom stereocenters. The molecule has 1 heterocycles. The Labute approximate surface area is 132 Å². The minimum Gasteiger partial charge on any atom is -0.354 e. The molecule has 108 valence electrons. The second-order valence-electron chi connectivity index (χ2n) is 5.87. The van der Waals surface area contributed by atoms with E-state index < -0.39 is 0 Å². The van der Waals surface area contributed by atoms with Crippen molar-refractivity contribution in [2.24, 2.45) is 0 Å². The van der Waals surface area contributed by atoms with Crippen LogP contribution in [0.15, 0.2) is 77.6 Å². The third kappa shape index (κ3) is 1.66. The predicted molar refractivity (Wildman–Crippen MR) is 97.1 cm³/mol. The number of pyridine rings is 1. The Morgan fingerprint density at radius 1 is 0.565 bits per heavy atom. The number of H-pyrrole nitrogens is 1. The average molecular weight is 295 g/mol. The summed E-state index contributed by atoms with van der Waals surface area (Å²) in [6.45, 7) is 0. The van der Waals surface area contributed by atoms with E-state index in [-0.39, 0.29) is 5.43 Å². The molecule has 2 nitrogen and oxygen atoms in total. The fraction of sp³-hybridized carbons (Fsp3) is 0. The van der Waals surface area contributed by atoms with Crippen molar-refractivity contribution in [3.05, 3.63) is 83.0 Å². The van der Waals surface area contributed by atoms with Gasteiger partial charge in [0.25, 0.3) is 0 Å². The first-order valence-corrected chi connectivity index (χ1v) is 7.68. The molecule has 0 bridgehead atoms. The molecule has 0 saturated heterocycles. The van der Waals surface area contributed by atoms with Gasteiger partial charge in [-0.05, 0) is 39.7 Å². The van der Waals surface area contributed by atoms with Crippen LogP contribution >= 0.6 is 0 Å². The maximum Gasteiger partial charge on any atom is 0.197 e. The second kappa shape index (κ2) is 4.43. The van der Waals surface area contributed by atoms with Crippen molar-refractivity contribution in [2.45, 2.75) is 0 Å². The van der Waals surface area contributed by atoms with Crippen molar-refractivity contribution in [3.63, 3.8) is 0 Å². The predicted octanol–water partition coefficient (Wildman–Crippen LogP) is 4.99. The van der Waals surface area contributed by atoms with Crippen LogP contribution in [0.1, 0.15) is 0 Å². The molecular weight excluding hydrogens is 282 g/mol. The fourth-order valence-electron chi connectivity index (χ4n) is 3.51. The Bertz CT molecular complexity index is 1280. The minimum atomic E-state index is 0.0928. The van der Waals surface area contributed by atoms with Crippen LogP contribution in [-0.2, 0) is 0 Å². The lowest BCUT2D eigenvalue weighted by Crippen LogP contribution is -2.04. The van der Waals surface area contributed by atoms with E-state index in [9.17, 15) is 4.79 Å². The number of rotatable bonds is 0. The highest BCUT2D eigenvalue weighted by molar-refractivity contribution is 6.17. The summed E-state index contributed by atoms with van der Waals surface area (Å²) in [5, 5.41) is 6.01. The molecule has 1 N–H and O–H groups in total. The van der Waals surface area contributed by atoms with Crippen molar-refractivity contribution >= 4 is 43.4 Å². The molecule has 0 aliphatic carbocycles. The van der Waals surface area contributed by atoms with Gasteiger partial charge in [0.05, 0.1) is 10.9 Å². The van der Waals surface area contributed by atoms with Gasteiger partial charge in [0.2, 0.25) is 0 Å². The summed E-state index contributed by atoms with van der Waals surface area (Å²) in [6.07, 6.45) is 0. The highest BCUT2D eigenvalue weighted by atomic mass is 16.1. The molecular formula is C21H13NO. The maximum absolute atomic E-state index is 13.0. The zero-order valence-corrected chi connectivity index (χ0v) is 12.3. The van der Waals surface area contributed by atoms with Crippen molar-refractivity contribution in [2.75, 3.05) is 0 Å². The number of fused-ring (bicyclic) bond motifs is 6. The molecule has 0 saturated carbocycles. The van der Waals surface area contributed by atoms with Crippen molar-refractivity contribution in [1.82, 2.24) is 4.98 Å². The van der Waals surface area contributed by atoms with Crippen LogP contribution in [0.3, 0.4) is 0 Å². The van der Waals surface area contributed by atoms with Gasteiger partial charge >= 0.3 is 0 Å². The summed E-state index contributed by atoms with van der Waals surface area (Å²) in [5.74, 6) is 0. The first kappa shape index (κ1) is 12.4. The van der Waals surface area contributed by atoms with Crippen LogP contribution < -0.4 is 5.43 Å². The molecule has 0 aliphatic rings. The average Bonchev–Trinajstić information content (AvgIpc) is 2.61. The van der Waals surface area contributed by atoms with Gasteiger partial charge in [-0.25, -0.2) is 0 Å². The number of benzene rings is 4. The standard InChI is InChI=1S/C21H13NO/c23-21-17-7-3-4-8-18(17)22-19-12-11-15-14-6-2-1-5-13(14)9-10-16(15)20(19)21/h1-12H,(H,22,23). The zero-order valence-electron chi connectivity index (χ0n) is 12.3. The van der Waals surface area contributed by atoms with Gasteiger partial charge in [0.1, 0.15) is 0 Å². The van der Waals surface area contributed by atoms with E-state index >= 15 is 0 Å². The number of hydrogen-bond donors (Lipinski definition) is 1. The largest absolute Gasteiger partial charge is 0.354 e. The zero-order chi connectivity index (χ0) is 15.4. The molecule has 0 spiro atoms. The van der Waals surface area contributed by atoms with E-state index in [2.05, 4.69) is 35.3 Å². The molecule has 0 aliphatic heterocycles. The van der Waals surface area contributed by atoms with Crippen molar-refractivity contribution in [3.8, 4) is 0 Å². The van der Waals surface area contributed by atoms with Gasteiger partial charge in [-0.3, -0.25) is 4.79 Å². The number of para-hydroxylation sites is 1. The van der Waals surface area contributed by atoms with Gasteiger partial charge in [-0.1, -0.05) is 54.6 Å². The first-order chi connectivity index (χ1) is 11.3. The molecule has 23 heavy (non-hydrogen) atoms. The van der Waals surface area contributed by atoms with Crippen molar-refractivity contribution < 1.29 is 0 Å². The first-order valence-electron chi connectivity index (χ1n) is 7.68. The van der Waals surface area contributed by atoms with Crippen LogP contribution in [0, 0.1) is 0 Å². The van der Waals surface area contributed by atoms with Gasteiger partial charge in [-0.15, -0.1) is 0 Å². The summed E-state index contributed by atoms with van der Waals surface area (Å²) < 4.78 is 0. The van der Waals surface area contributed by atoms with E-state index in [4.69, 9.17) is 0 Å². The summed E-state index contributed by atoms with van der Waals surface area (Å²) in [4.78, 5) is 16.4. The fourth-order valence-corrected chi connectivity index (χ4v) is 3.51. The summed E-state index contributed by atoms with van der Waals surface area (Å²) in [7, 11) is 0. The summed E-state index contributed by atoms with van der Waals surface area (Å²) in [6, 6.07) is 24.2. The Kier molecular flexibility index (Phi) is 2.39. The molecule has 4 aromatic carbocycles. The Balaban J connectivity index is 2.09. The highest BCUT2D eigenvalue weighted by Gasteiger charge is 2.10. The number of aromatic amines is 1. The van der Waals surface area contributed by atoms with Gasteiger partial charge in [0.15, 0.2) is 5.43 Å². The van der Waals surface area contributed by atoms with Gasteiger partial charge in [-0.2, -0.15) is 0 Å². The third-order valence-corrected chi connectivity index (χ3v) is 4.59. The SMILES string of the molecule is O=c1c2ccccc2[nH]c2ccc3c4ccccc4ccc3c12. The Hall–Kier alpha value is -3.13. The van der Waals surface area contributed by atoms with E-state index in [1.807, 2.05) is 42.5 Å². The molecule has 0 amide bonds. The lowest BCUT2D eigenvalue weighted by molar-refractivity contribution is 1.49. The normalized spacial score (nSPS) is 11.7. The van der Waals surface area contributed by atoms with Crippen molar-refractivity contribution in [1.29, 1.82) is 0 Å². The molecule has 0 radical (unpaired) electrons. The second-order valence-corrected chi connectivity index (χ2v) is 5.87. The molecule has 0 unspecified atom stereocenters. The molecule has 5 aromatic rings. The number of aromatic nitrogens is 1. The Morgan fingerprint density at radius 3 is 2.22 bits per heavy atom. The molecule has 2 heteroatoms. The Morgan fingerprint density at radius 2 is 1.30 bits per heavy atom. The minimum absolute atomic E-state index is 0.0928. The molecule has 5 rings (SSSR count). The lowest BCUT2D eigenvalue weighted by Gasteiger charge is -2.08. The number of nitrogens with one attached hydrogen (secondary N) is 1.